The Balaban J connectivity index is 2.31. The summed E-state index contributed by atoms with van der Waals surface area (Å²) in [6, 6.07) is 7.87. The van der Waals surface area contributed by atoms with Crippen LogP contribution >= 0.6 is 0 Å². The number of carbonyl (C=O) groups is 1. The van der Waals surface area contributed by atoms with E-state index in [0.29, 0.717) is 0 Å². The van der Waals surface area contributed by atoms with Crippen molar-refractivity contribution >= 4 is 17.3 Å². The van der Waals surface area contributed by atoms with Crippen molar-refractivity contribution in [2.75, 3.05) is 23.9 Å². The summed E-state index contributed by atoms with van der Waals surface area (Å²) in [5.74, 6) is 0.0425. The highest BCUT2D eigenvalue weighted by Gasteiger charge is 2.17. The van der Waals surface area contributed by atoms with E-state index in [1.165, 1.54) is 0 Å². The van der Waals surface area contributed by atoms with Crippen LogP contribution in [0.3, 0.4) is 0 Å². The second-order valence-electron chi connectivity index (χ2n) is 3.44. The number of benzene rings is 1. The van der Waals surface area contributed by atoms with E-state index in [-0.39, 0.29) is 5.91 Å². The van der Waals surface area contributed by atoms with E-state index in [4.69, 9.17) is 0 Å². The van der Waals surface area contributed by atoms with E-state index in [1.54, 1.807) is 17.2 Å². The van der Waals surface area contributed by atoms with E-state index in [9.17, 15) is 4.79 Å². The minimum Gasteiger partial charge on any atom is -0.378 e. The van der Waals surface area contributed by atoms with Gasteiger partial charge in [0, 0.05) is 32.1 Å². The lowest BCUT2D eigenvalue weighted by molar-refractivity contribution is -0.114. The van der Waals surface area contributed by atoms with Crippen LogP contribution in [0.5, 0.6) is 0 Å². The summed E-state index contributed by atoms with van der Waals surface area (Å²) in [6.45, 7) is 0. The largest absolute Gasteiger partial charge is 0.378 e. The average Bonchev–Trinajstić information content (AvgIpc) is 2.16. The molecule has 0 aliphatic carbocycles. The van der Waals surface area contributed by atoms with Crippen LogP contribution in [0, 0.1) is 0 Å². The molecule has 0 saturated carbocycles. The molecule has 1 aliphatic heterocycles. The molecule has 0 N–H and O–H groups in total. The van der Waals surface area contributed by atoms with Crippen molar-refractivity contribution in [3.63, 3.8) is 0 Å². The quantitative estimate of drug-likeness (QED) is 0.704. The van der Waals surface area contributed by atoms with Gasteiger partial charge in [0.05, 0.1) is 5.69 Å². The topological polar surface area (TPSA) is 23.6 Å². The van der Waals surface area contributed by atoms with Gasteiger partial charge in [0.25, 0.3) is 5.91 Å². The molecule has 3 heteroatoms. The standard InChI is InChI=1S/C11H12N2O/c1-12(2)9-4-3-5-10(8-9)13-7-6-11(13)14/h3-8H,1-2H3. The first kappa shape index (κ1) is 8.81. The molecule has 0 bridgehead atoms. The molecule has 0 fully saturated rings. The number of carbonyl (C=O) groups excluding carboxylic acids is 1. The molecule has 0 spiro atoms. The molecule has 0 radical (unpaired) electrons. The summed E-state index contributed by atoms with van der Waals surface area (Å²) in [6.07, 6.45) is 3.33. The third kappa shape index (κ3) is 1.37. The molecule has 1 amide bonds. The molecule has 0 unspecified atom stereocenters. The van der Waals surface area contributed by atoms with Crippen LogP contribution < -0.4 is 9.80 Å². The van der Waals surface area contributed by atoms with E-state index in [1.807, 2.05) is 43.3 Å². The average molecular weight is 188 g/mol. The Bertz CT molecular complexity index is 396. The lowest BCUT2D eigenvalue weighted by Gasteiger charge is -2.24. The summed E-state index contributed by atoms with van der Waals surface area (Å²) < 4.78 is 0. The van der Waals surface area contributed by atoms with Crippen molar-refractivity contribution in [2.45, 2.75) is 0 Å². The molecule has 1 aliphatic rings. The SMILES string of the molecule is CN(C)c1cccc(N2C=CC2=O)c1. The highest BCUT2D eigenvalue weighted by Crippen LogP contribution is 2.24. The molecule has 14 heavy (non-hydrogen) atoms. The fourth-order valence-electron chi connectivity index (χ4n) is 1.34. The van der Waals surface area contributed by atoms with E-state index in [0.717, 1.165) is 11.4 Å². The van der Waals surface area contributed by atoms with E-state index in [2.05, 4.69) is 0 Å². The molecule has 1 aromatic carbocycles. The molecule has 0 aromatic heterocycles. The number of rotatable bonds is 2. The number of amides is 1. The number of hydrogen-bond acceptors (Lipinski definition) is 2. The minimum atomic E-state index is 0.0425. The van der Waals surface area contributed by atoms with Gasteiger partial charge in [-0.25, -0.2) is 0 Å². The van der Waals surface area contributed by atoms with Gasteiger partial charge in [-0.15, -0.1) is 0 Å². The smallest absolute Gasteiger partial charge is 0.256 e. The van der Waals surface area contributed by atoms with Gasteiger partial charge in [0.2, 0.25) is 0 Å². The normalized spacial score (nSPS) is 14.1. The van der Waals surface area contributed by atoms with Crippen LogP contribution in [0.25, 0.3) is 0 Å². The van der Waals surface area contributed by atoms with Gasteiger partial charge in [-0.3, -0.25) is 9.69 Å². The Morgan fingerprint density at radius 3 is 2.57 bits per heavy atom. The Labute approximate surface area is 83.2 Å². The lowest BCUT2D eigenvalue weighted by atomic mass is 10.2. The molecule has 2 rings (SSSR count). The van der Waals surface area contributed by atoms with Crippen molar-refractivity contribution in [1.82, 2.24) is 0 Å². The Hall–Kier alpha value is -1.77. The van der Waals surface area contributed by atoms with Crippen LogP contribution in [0.1, 0.15) is 0 Å². The van der Waals surface area contributed by atoms with Gasteiger partial charge in [-0.2, -0.15) is 0 Å². The third-order valence-corrected chi connectivity index (χ3v) is 2.23. The van der Waals surface area contributed by atoms with E-state index < -0.39 is 0 Å². The molecule has 0 saturated heterocycles. The van der Waals surface area contributed by atoms with Gasteiger partial charge < -0.3 is 4.90 Å². The van der Waals surface area contributed by atoms with Crippen molar-refractivity contribution in [3.05, 3.63) is 36.5 Å². The minimum absolute atomic E-state index is 0.0425. The van der Waals surface area contributed by atoms with Crippen LogP contribution in [-0.4, -0.2) is 20.0 Å². The zero-order valence-electron chi connectivity index (χ0n) is 8.27. The molecule has 3 nitrogen and oxygen atoms in total. The van der Waals surface area contributed by atoms with Crippen molar-refractivity contribution in [2.24, 2.45) is 0 Å². The zero-order chi connectivity index (χ0) is 10.1. The Morgan fingerprint density at radius 1 is 1.29 bits per heavy atom. The van der Waals surface area contributed by atoms with Gasteiger partial charge in [-0.1, -0.05) is 6.07 Å². The maximum atomic E-state index is 11.1. The highest BCUT2D eigenvalue weighted by atomic mass is 16.2. The fourth-order valence-corrected chi connectivity index (χ4v) is 1.34. The summed E-state index contributed by atoms with van der Waals surface area (Å²) in [4.78, 5) is 14.8. The van der Waals surface area contributed by atoms with Crippen molar-refractivity contribution in [3.8, 4) is 0 Å². The molecule has 1 aromatic rings. The number of nitrogens with zero attached hydrogens (tertiary/aromatic N) is 2. The second-order valence-corrected chi connectivity index (χ2v) is 3.44. The monoisotopic (exact) mass is 188 g/mol. The van der Waals surface area contributed by atoms with Gasteiger partial charge in [0.15, 0.2) is 0 Å². The van der Waals surface area contributed by atoms with Crippen molar-refractivity contribution < 1.29 is 4.79 Å². The van der Waals surface area contributed by atoms with Crippen LogP contribution in [-0.2, 0) is 4.79 Å². The highest BCUT2D eigenvalue weighted by molar-refractivity contribution is 6.09. The number of anilines is 2. The molecular weight excluding hydrogens is 176 g/mol. The molecule has 1 heterocycles. The van der Waals surface area contributed by atoms with Crippen LogP contribution in [0.15, 0.2) is 36.5 Å². The first-order valence-electron chi connectivity index (χ1n) is 4.47. The van der Waals surface area contributed by atoms with Gasteiger partial charge in [-0.05, 0) is 18.2 Å². The summed E-state index contributed by atoms with van der Waals surface area (Å²) in [5.41, 5.74) is 2.01. The maximum Gasteiger partial charge on any atom is 0.256 e. The van der Waals surface area contributed by atoms with Gasteiger partial charge in [0.1, 0.15) is 0 Å². The Morgan fingerprint density at radius 2 is 2.07 bits per heavy atom. The second kappa shape index (κ2) is 3.18. The fraction of sp³-hybridized carbons (Fsp3) is 0.182. The van der Waals surface area contributed by atoms with Crippen LogP contribution in [0.4, 0.5) is 11.4 Å². The first-order chi connectivity index (χ1) is 6.68. The summed E-state index contributed by atoms with van der Waals surface area (Å²) in [5, 5.41) is 0. The van der Waals surface area contributed by atoms with E-state index >= 15 is 0 Å². The van der Waals surface area contributed by atoms with Crippen molar-refractivity contribution in [1.29, 1.82) is 0 Å². The molecule has 0 atom stereocenters. The Kier molecular flexibility index (Phi) is 2.00. The summed E-state index contributed by atoms with van der Waals surface area (Å²) >= 11 is 0. The predicted octanol–water partition coefficient (Wildman–Crippen LogP) is 1.61. The lowest BCUT2D eigenvalue weighted by Crippen LogP contribution is -2.30. The summed E-state index contributed by atoms with van der Waals surface area (Å²) in [7, 11) is 3.96. The van der Waals surface area contributed by atoms with Crippen LogP contribution in [0.2, 0.25) is 0 Å². The number of hydrogen-bond donors (Lipinski definition) is 0. The van der Waals surface area contributed by atoms with Gasteiger partial charge >= 0.3 is 0 Å². The molecule has 72 valence electrons. The third-order valence-electron chi connectivity index (χ3n) is 2.23. The zero-order valence-corrected chi connectivity index (χ0v) is 8.27. The first-order valence-corrected chi connectivity index (χ1v) is 4.47. The maximum absolute atomic E-state index is 11.1. The molecular formula is C11H12N2O. The predicted molar refractivity (Wildman–Crippen MR) is 57.4 cm³/mol.